The van der Waals surface area contributed by atoms with Gasteiger partial charge in [0.05, 0.1) is 0 Å². The molecule has 1 aromatic carbocycles. The fraction of sp³-hybridized carbons (Fsp3) is 0.167. The summed E-state index contributed by atoms with van der Waals surface area (Å²) >= 11 is 2.68. The second kappa shape index (κ2) is 7.95. The van der Waals surface area contributed by atoms with E-state index < -0.39 is 0 Å². The van der Waals surface area contributed by atoms with Crippen LogP contribution in [0.2, 0.25) is 0 Å². The van der Waals surface area contributed by atoms with E-state index in [0.717, 1.165) is 0 Å². The normalized spacial score (nSPS) is 11.1. The van der Waals surface area contributed by atoms with Crippen molar-refractivity contribution in [3.8, 4) is 12.3 Å². The molecule has 0 aliphatic rings. The summed E-state index contributed by atoms with van der Waals surface area (Å²) in [5.74, 6) is 2.45. The van der Waals surface area contributed by atoms with Crippen LogP contribution < -0.4 is 4.46 Å². The van der Waals surface area contributed by atoms with Crippen LogP contribution in [0.1, 0.15) is 0 Å². The first-order valence-electron chi connectivity index (χ1n) is 4.40. The van der Waals surface area contributed by atoms with Gasteiger partial charge >= 0.3 is 111 Å². The van der Waals surface area contributed by atoms with Crippen molar-refractivity contribution < 1.29 is 4.74 Å². The first-order valence-corrected chi connectivity index (χ1v) is 7.33. The van der Waals surface area contributed by atoms with Crippen molar-refractivity contribution >= 4 is 42.0 Å². The Morgan fingerprint density at radius 1 is 1.47 bits per heavy atom. The SMILES string of the molecule is C#CCOC/C(I)=C/[Se]c1ccccc1. The van der Waals surface area contributed by atoms with Gasteiger partial charge in [0.2, 0.25) is 0 Å². The van der Waals surface area contributed by atoms with Gasteiger partial charge in [0.15, 0.2) is 0 Å². The predicted octanol–water partition coefficient (Wildman–Crippen LogP) is 1.94. The molecule has 3 heteroatoms. The Bertz CT molecular complexity index is 354. The van der Waals surface area contributed by atoms with Gasteiger partial charge in [-0.25, -0.2) is 0 Å². The molecule has 0 N–H and O–H groups in total. The Kier molecular flexibility index (Phi) is 6.78. The van der Waals surface area contributed by atoms with Gasteiger partial charge in [-0.2, -0.15) is 0 Å². The molecule has 0 heterocycles. The first-order chi connectivity index (χ1) is 7.33. The molecule has 0 unspecified atom stereocenters. The molecule has 0 radical (unpaired) electrons. The van der Waals surface area contributed by atoms with Gasteiger partial charge in [-0.15, -0.1) is 0 Å². The zero-order chi connectivity index (χ0) is 10.9. The summed E-state index contributed by atoms with van der Waals surface area (Å²) in [6.45, 7) is 1.01. The van der Waals surface area contributed by atoms with E-state index in [2.05, 4.69) is 57.8 Å². The molecule has 0 aliphatic carbocycles. The Hall–Kier alpha value is -0.271. The first kappa shape index (κ1) is 12.8. The second-order valence-electron chi connectivity index (χ2n) is 2.69. The standard InChI is InChI=1S/C12H11IOSe/c1-2-8-14-9-11(13)10-15-12-6-4-3-5-7-12/h1,3-7,10H,8-9H2/b11-10-. The third-order valence-corrected chi connectivity index (χ3v) is 5.05. The molecular formula is C12H11IOSe. The number of rotatable bonds is 5. The van der Waals surface area contributed by atoms with Crippen LogP contribution in [0.4, 0.5) is 0 Å². The number of ether oxygens (including phenoxy) is 1. The zero-order valence-electron chi connectivity index (χ0n) is 8.15. The summed E-state index contributed by atoms with van der Waals surface area (Å²) in [6, 6.07) is 10.4. The Balaban J connectivity index is 2.34. The number of halogens is 1. The van der Waals surface area contributed by atoms with Crippen molar-refractivity contribution in [1.82, 2.24) is 0 Å². The van der Waals surface area contributed by atoms with Crippen molar-refractivity contribution in [2.45, 2.75) is 0 Å². The summed E-state index contributed by atoms with van der Waals surface area (Å²) in [5.41, 5.74) is 0. The third kappa shape index (κ3) is 6.01. The minimum absolute atomic E-state index is 0.386. The van der Waals surface area contributed by atoms with Gasteiger partial charge in [-0.3, -0.25) is 0 Å². The van der Waals surface area contributed by atoms with Gasteiger partial charge in [-0.05, 0) is 0 Å². The van der Waals surface area contributed by atoms with E-state index in [0.29, 0.717) is 28.2 Å². The fourth-order valence-electron chi connectivity index (χ4n) is 0.873. The van der Waals surface area contributed by atoms with Crippen LogP contribution in [-0.4, -0.2) is 28.2 Å². The molecule has 15 heavy (non-hydrogen) atoms. The van der Waals surface area contributed by atoms with E-state index in [1.165, 1.54) is 8.04 Å². The molecule has 1 nitrogen and oxygen atoms in total. The van der Waals surface area contributed by atoms with Gasteiger partial charge < -0.3 is 0 Å². The van der Waals surface area contributed by atoms with Crippen LogP contribution in [0.15, 0.2) is 38.9 Å². The molecule has 1 rings (SSSR count). The molecule has 0 spiro atoms. The van der Waals surface area contributed by atoms with Gasteiger partial charge in [-0.1, -0.05) is 0 Å². The molecule has 0 fully saturated rings. The van der Waals surface area contributed by atoms with Crippen LogP contribution in [0.25, 0.3) is 0 Å². The summed E-state index contributed by atoms with van der Waals surface area (Å²) < 4.78 is 7.82. The van der Waals surface area contributed by atoms with Crippen molar-refractivity contribution in [2.24, 2.45) is 0 Å². The minimum atomic E-state index is 0.386. The van der Waals surface area contributed by atoms with Gasteiger partial charge in [0.1, 0.15) is 0 Å². The molecule has 78 valence electrons. The molecular weight excluding hydrogens is 366 g/mol. The number of hydrogen-bond acceptors (Lipinski definition) is 1. The molecule has 0 bridgehead atoms. The second-order valence-corrected chi connectivity index (χ2v) is 6.06. The summed E-state index contributed by atoms with van der Waals surface area (Å²) in [5, 5.41) is 0. The molecule has 0 saturated heterocycles. The summed E-state index contributed by atoms with van der Waals surface area (Å²) in [4.78, 5) is 2.22. The maximum atomic E-state index is 5.23. The predicted molar refractivity (Wildman–Crippen MR) is 73.6 cm³/mol. The number of benzene rings is 1. The van der Waals surface area contributed by atoms with Crippen LogP contribution in [0.5, 0.6) is 0 Å². The molecule has 0 aliphatic heterocycles. The molecule has 0 saturated carbocycles. The molecule has 0 atom stereocenters. The van der Waals surface area contributed by atoms with Crippen molar-refractivity contribution in [3.63, 3.8) is 0 Å². The van der Waals surface area contributed by atoms with Gasteiger partial charge in [0, 0.05) is 0 Å². The van der Waals surface area contributed by atoms with E-state index in [-0.39, 0.29) is 0 Å². The van der Waals surface area contributed by atoms with E-state index in [1.54, 1.807) is 0 Å². The molecule has 0 amide bonds. The fourth-order valence-corrected chi connectivity index (χ4v) is 3.11. The Labute approximate surface area is 111 Å². The van der Waals surface area contributed by atoms with Crippen molar-refractivity contribution in [3.05, 3.63) is 38.9 Å². The number of terminal acetylenes is 1. The average Bonchev–Trinajstić information content (AvgIpc) is 2.28. The van der Waals surface area contributed by atoms with Crippen LogP contribution in [-0.2, 0) is 4.74 Å². The average molecular weight is 377 g/mol. The van der Waals surface area contributed by atoms with E-state index in [9.17, 15) is 0 Å². The van der Waals surface area contributed by atoms with E-state index in [1.807, 2.05) is 6.07 Å². The summed E-state index contributed by atoms with van der Waals surface area (Å²) in [7, 11) is 0. The quantitative estimate of drug-likeness (QED) is 0.330. The van der Waals surface area contributed by atoms with Crippen LogP contribution >= 0.6 is 22.6 Å². The topological polar surface area (TPSA) is 9.23 Å². The van der Waals surface area contributed by atoms with Crippen LogP contribution in [0, 0.1) is 12.3 Å². The zero-order valence-corrected chi connectivity index (χ0v) is 12.0. The maximum absolute atomic E-state index is 5.23. The van der Waals surface area contributed by atoms with Crippen molar-refractivity contribution in [1.29, 1.82) is 0 Å². The third-order valence-electron chi connectivity index (χ3n) is 1.49. The number of hydrogen-bond donors (Lipinski definition) is 0. The Morgan fingerprint density at radius 2 is 2.20 bits per heavy atom. The van der Waals surface area contributed by atoms with Crippen LogP contribution in [0.3, 0.4) is 0 Å². The summed E-state index contributed by atoms with van der Waals surface area (Å²) in [6.07, 6.45) is 5.09. The van der Waals surface area contributed by atoms with Crippen molar-refractivity contribution in [2.75, 3.05) is 13.2 Å². The van der Waals surface area contributed by atoms with E-state index >= 15 is 0 Å². The van der Waals surface area contributed by atoms with E-state index in [4.69, 9.17) is 11.2 Å². The molecule has 1 aromatic rings. The van der Waals surface area contributed by atoms with Gasteiger partial charge in [0.25, 0.3) is 0 Å². The monoisotopic (exact) mass is 378 g/mol. The molecule has 0 aromatic heterocycles. The Morgan fingerprint density at radius 3 is 2.87 bits per heavy atom.